The second-order valence-corrected chi connectivity index (χ2v) is 8.45. The second-order valence-electron chi connectivity index (χ2n) is 6.23. The van der Waals surface area contributed by atoms with Crippen LogP contribution in [0.4, 0.5) is 9.52 Å². The molecule has 0 fully saturated rings. The molecular weight excluding hydrogens is 407 g/mol. The SMILES string of the molecule is Cc1nc(-c2ccccn2)nc(Sc2nnc(NCc3ccc(F)cc3)s2)c1C. The van der Waals surface area contributed by atoms with Crippen LogP contribution in [-0.2, 0) is 6.54 Å². The molecule has 0 radical (unpaired) electrons. The summed E-state index contributed by atoms with van der Waals surface area (Å²) in [7, 11) is 0. The molecule has 0 saturated carbocycles. The van der Waals surface area contributed by atoms with Crippen LogP contribution in [0.5, 0.6) is 0 Å². The monoisotopic (exact) mass is 424 g/mol. The maximum Gasteiger partial charge on any atom is 0.206 e. The molecule has 0 amide bonds. The van der Waals surface area contributed by atoms with E-state index < -0.39 is 0 Å². The number of pyridine rings is 1. The van der Waals surface area contributed by atoms with E-state index >= 15 is 0 Å². The van der Waals surface area contributed by atoms with Crippen LogP contribution in [0.3, 0.4) is 0 Å². The summed E-state index contributed by atoms with van der Waals surface area (Å²) in [6.07, 6.45) is 1.73. The maximum absolute atomic E-state index is 13.0. The molecular formula is C20H17FN6S2. The smallest absolute Gasteiger partial charge is 0.206 e. The van der Waals surface area contributed by atoms with Gasteiger partial charge in [0.2, 0.25) is 5.13 Å². The van der Waals surface area contributed by atoms with Gasteiger partial charge in [-0.2, -0.15) is 0 Å². The van der Waals surface area contributed by atoms with E-state index in [1.54, 1.807) is 18.3 Å². The van der Waals surface area contributed by atoms with Gasteiger partial charge in [0.25, 0.3) is 0 Å². The van der Waals surface area contributed by atoms with Crippen molar-refractivity contribution in [3.63, 3.8) is 0 Å². The van der Waals surface area contributed by atoms with E-state index in [0.29, 0.717) is 17.5 Å². The molecule has 9 heteroatoms. The van der Waals surface area contributed by atoms with Gasteiger partial charge in [0.15, 0.2) is 10.2 Å². The lowest BCUT2D eigenvalue weighted by Crippen LogP contribution is -1.99. The summed E-state index contributed by atoms with van der Waals surface area (Å²) in [5.74, 6) is 0.347. The fourth-order valence-corrected chi connectivity index (χ4v) is 4.29. The Hall–Kier alpha value is -2.91. The highest BCUT2D eigenvalue weighted by Crippen LogP contribution is 2.34. The van der Waals surface area contributed by atoms with E-state index in [2.05, 4.69) is 30.5 Å². The molecule has 0 aliphatic rings. The van der Waals surface area contributed by atoms with Gasteiger partial charge in [-0.05, 0) is 55.4 Å². The molecule has 0 atom stereocenters. The van der Waals surface area contributed by atoms with Crippen LogP contribution in [-0.4, -0.2) is 25.1 Å². The molecule has 0 aliphatic heterocycles. The number of aryl methyl sites for hydroxylation is 1. The molecule has 1 N–H and O–H groups in total. The number of hydrogen-bond donors (Lipinski definition) is 1. The largest absolute Gasteiger partial charge is 0.356 e. The first-order chi connectivity index (χ1) is 14.1. The van der Waals surface area contributed by atoms with Crippen molar-refractivity contribution in [1.82, 2.24) is 25.1 Å². The Balaban J connectivity index is 1.49. The number of aromatic nitrogens is 5. The third-order valence-corrected chi connectivity index (χ3v) is 6.21. The predicted octanol–water partition coefficient (Wildman–Crippen LogP) is 4.91. The summed E-state index contributed by atoms with van der Waals surface area (Å²) in [4.78, 5) is 13.6. The van der Waals surface area contributed by atoms with Crippen molar-refractivity contribution in [3.8, 4) is 11.5 Å². The van der Waals surface area contributed by atoms with Crippen LogP contribution in [0.2, 0.25) is 0 Å². The Bertz CT molecular complexity index is 1120. The summed E-state index contributed by atoms with van der Waals surface area (Å²) in [6.45, 7) is 4.51. The summed E-state index contributed by atoms with van der Waals surface area (Å²) in [5, 5.41) is 13.2. The number of halogens is 1. The molecule has 1 aromatic carbocycles. The molecule has 6 nitrogen and oxygen atoms in total. The van der Waals surface area contributed by atoms with Crippen molar-refractivity contribution in [2.24, 2.45) is 0 Å². The second kappa shape index (κ2) is 8.62. The van der Waals surface area contributed by atoms with E-state index in [1.165, 1.54) is 35.2 Å². The highest BCUT2D eigenvalue weighted by atomic mass is 32.2. The standard InChI is InChI=1S/C20H17FN6S2/c1-12-13(2)24-17(16-5-3-4-10-22-16)25-18(12)28-20-27-26-19(29-20)23-11-14-6-8-15(21)9-7-14/h3-10H,11H2,1-2H3,(H,23,26). The lowest BCUT2D eigenvalue weighted by atomic mass is 10.2. The number of anilines is 1. The van der Waals surface area contributed by atoms with Gasteiger partial charge in [0.05, 0.1) is 0 Å². The molecule has 146 valence electrons. The molecule has 3 aromatic heterocycles. The molecule has 0 bridgehead atoms. The first kappa shape index (κ1) is 19.4. The summed E-state index contributed by atoms with van der Waals surface area (Å²) < 4.78 is 13.8. The third-order valence-electron chi connectivity index (χ3n) is 4.19. The Kier molecular flexibility index (Phi) is 5.77. The maximum atomic E-state index is 13.0. The Labute approximate surface area is 175 Å². The van der Waals surface area contributed by atoms with Crippen molar-refractivity contribution in [1.29, 1.82) is 0 Å². The number of rotatable bonds is 6. The van der Waals surface area contributed by atoms with Gasteiger partial charge in [-0.15, -0.1) is 10.2 Å². The van der Waals surface area contributed by atoms with Gasteiger partial charge in [-0.1, -0.05) is 29.5 Å². The van der Waals surface area contributed by atoms with E-state index in [1.807, 2.05) is 32.0 Å². The van der Waals surface area contributed by atoms with Crippen LogP contribution in [0, 0.1) is 19.7 Å². The zero-order valence-corrected chi connectivity index (χ0v) is 17.4. The molecule has 4 aromatic rings. The zero-order chi connectivity index (χ0) is 20.2. The minimum Gasteiger partial charge on any atom is -0.356 e. The Morgan fingerprint density at radius 3 is 2.62 bits per heavy atom. The van der Waals surface area contributed by atoms with Crippen LogP contribution in [0.1, 0.15) is 16.8 Å². The van der Waals surface area contributed by atoms with Crippen LogP contribution in [0.25, 0.3) is 11.5 Å². The summed E-state index contributed by atoms with van der Waals surface area (Å²) >= 11 is 2.90. The molecule has 0 aliphatic carbocycles. The average Bonchev–Trinajstić information content (AvgIpc) is 3.19. The van der Waals surface area contributed by atoms with E-state index in [0.717, 1.165) is 31.9 Å². The van der Waals surface area contributed by atoms with Crippen LogP contribution >= 0.6 is 23.1 Å². The van der Waals surface area contributed by atoms with Gasteiger partial charge in [-0.3, -0.25) is 4.98 Å². The van der Waals surface area contributed by atoms with E-state index in [4.69, 9.17) is 0 Å². The van der Waals surface area contributed by atoms with Crippen LogP contribution in [0.15, 0.2) is 58.0 Å². The first-order valence-electron chi connectivity index (χ1n) is 8.85. The van der Waals surface area contributed by atoms with Crippen LogP contribution < -0.4 is 5.32 Å². The number of benzene rings is 1. The average molecular weight is 425 g/mol. The zero-order valence-electron chi connectivity index (χ0n) is 15.8. The predicted molar refractivity (Wildman–Crippen MR) is 112 cm³/mol. The van der Waals surface area contributed by atoms with Gasteiger partial charge in [-0.25, -0.2) is 14.4 Å². The Morgan fingerprint density at radius 1 is 1.03 bits per heavy atom. The minimum absolute atomic E-state index is 0.246. The van der Waals surface area contributed by atoms with E-state index in [-0.39, 0.29) is 5.82 Å². The lowest BCUT2D eigenvalue weighted by Gasteiger charge is -2.08. The van der Waals surface area contributed by atoms with Gasteiger partial charge < -0.3 is 5.32 Å². The van der Waals surface area contributed by atoms with Crippen molar-refractivity contribution in [3.05, 3.63) is 71.3 Å². The highest BCUT2D eigenvalue weighted by Gasteiger charge is 2.14. The van der Waals surface area contributed by atoms with Crippen molar-refractivity contribution >= 4 is 28.2 Å². The van der Waals surface area contributed by atoms with E-state index in [9.17, 15) is 4.39 Å². The van der Waals surface area contributed by atoms with Gasteiger partial charge in [0, 0.05) is 24.0 Å². The normalized spacial score (nSPS) is 10.9. The molecule has 29 heavy (non-hydrogen) atoms. The Morgan fingerprint density at radius 2 is 1.86 bits per heavy atom. The first-order valence-corrected chi connectivity index (χ1v) is 10.5. The third kappa shape index (κ3) is 4.75. The number of hydrogen-bond acceptors (Lipinski definition) is 8. The van der Waals surface area contributed by atoms with Crippen molar-refractivity contribution in [2.45, 2.75) is 29.8 Å². The van der Waals surface area contributed by atoms with Crippen molar-refractivity contribution in [2.75, 3.05) is 5.32 Å². The summed E-state index contributed by atoms with van der Waals surface area (Å²) in [5.41, 5.74) is 3.61. The molecule has 0 unspecified atom stereocenters. The van der Waals surface area contributed by atoms with Crippen molar-refractivity contribution < 1.29 is 4.39 Å². The van der Waals surface area contributed by atoms with Gasteiger partial charge >= 0.3 is 0 Å². The van der Waals surface area contributed by atoms with Gasteiger partial charge in [0.1, 0.15) is 16.5 Å². The molecule has 3 heterocycles. The number of nitrogens with one attached hydrogen (secondary N) is 1. The minimum atomic E-state index is -0.246. The fourth-order valence-electron chi connectivity index (χ4n) is 2.50. The fraction of sp³-hybridized carbons (Fsp3) is 0.150. The lowest BCUT2D eigenvalue weighted by molar-refractivity contribution is 0.627. The summed E-state index contributed by atoms with van der Waals surface area (Å²) in [6, 6.07) is 12.0. The molecule has 0 spiro atoms. The topological polar surface area (TPSA) is 76.5 Å². The molecule has 4 rings (SSSR count). The highest BCUT2D eigenvalue weighted by molar-refractivity contribution is 8.01. The molecule has 0 saturated heterocycles. The number of nitrogens with zero attached hydrogens (tertiary/aromatic N) is 5. The quantitative estimate of drug-likeness (QED) is 0.441.